The van der Waals surface area contributed by atoms with Crippen molar-refractivity contribution < 1.29 is 29.1 Å². The van der Waals surface area contributed by atoms with Crippen molar-refractivity contribution in [1.82, 2.24) is 14.7 Å². The molecule has 0 rings (SSSR count). The Balaban J connectivity index is 4.50. The van der Waals surface area contributed by atoms with Gasteiger partial charge in [-0.1, -0.05) is 0 Å². The maximum atomic E-state index is 10.9. The molecule has 130 valence electrons. The summed E-state index contributed by atoms with van der Waals surface area (Å²) in [6.45, 7) is 1.63. The number of carbonyl (C=O) groups excluding carboxylic acids is 4. The molecule has 23 heavy (non-hydrogen) atoms. The second kappa shape index (κ2) is 13.7. The molecule has 0 aromatic carbocycles. The number of aldehydes is 4. The Morgan fingerprint density at radius 3 is 1.22 bits per heavy atom. The number of aliphatic carboxylic acids is 1. The molecule has 0 radical (unpaired) electrons. The van der Waals surface area contributed by atoms with E-state index in [9.17, 15) is 24.0 Å². The summed E-state index contributed by atoms with van der Waals surface area (Å²) >= 11 is 0. The number of nitrogens with zero attached hydrogens (tertiary/aromatic N) is 3. The largest absolute Gasteiger partial charge is 0.480 e. The van der Waals surface area contributed by atoms with Crippen molar-refractivity contribution >= 4 is 31.1 Å². The molecule has 0 spiro atoms. The molecule has 0 aliphatic rings. The molecule has 0 amide bonds. The number of carboxylic acids is 1. The van der Waals surface area contributed by atoms with E-state index in [2.05, 4.69) is 0 Å². The maximum absolute atomic E-state index is 10.9. The summed E-state index contributed by atoms with van der Waals surface area (Å²) in [5, 5.41) is 8.93. The van der Waals surface area contributed by atoms with Crippen molar-refractivity contribution in [2.24, 2.45) is 0 Å². The van der Waals surface area contributed by atoms with E-state index in [0.717, 1.165) is 0 Å². The van der Waals surface area contributed by atoms with Gasteiger partial charge in [0.05, 0.1) is 32.7 Å². The third-order valence-electron chi connectivity index (χ3n) is 3.15. The summed E-state index contributed by atoms with van der Waals surface area (Å²) in [5.74, 6) is -1.00. The molecular weight excluding hydrogens is 306 g/mol. The Labute approximate surface area is 134 Å². The van der Waals surface area contributed by atoms with E-state index in [1.54, 1.807) is 14.7 Å². The van der Waals surface area contributed by atoms with Crippen LogP contribution in [-0.4, -0.2) is 110 Å². The van der Waals surface area contributed by atoms with Crippen molar-refractivity contribution in [2.75, 3.05) is 58.9 Å². The average Bonchev–Trinajstić information content (AvgIpc) is 2.50. The normalized spacial score (nSPS) is 10.9. The van der Waals surface area contributed by atoms with Crippen molar-refractivity contribution in [2.45, 2.75) is 0 Å². The lowest BCUT2D eigenvalue weighted by molar-refractivity contribution is -0.138. The minimum Gasteiger partial charge on any atom is -0.480 e. The second-order valence-corrected chi connectivity index (χ2v) is 4.86. The predicted octanol–water partition coefficient (Wildman–Crippen LogP) is -2.23. The standard InChI is InChI=1S/C14H23N3O6/c18-9-5-15(6-10-19)1-3-17(13-14(22)23)4-2-16(7-11-20)8-12-21/h9-12H,1-8,13H2,(H,22,23). The Bertz CT molecular complexity index is 343. The van der Waals surface area contributed by atoms with E-state index in [4.69, 9.17) is 5.11 Å². The maximum Gasteiger partial charge on any atom is 0.317 e. The number of hydrogen-bond acceptors (Lipinski definition) is 8. The van der Waals surface area contributed by atoms with Crippen LogP contribution < -0.4 is 0 Å². The molecule has 0 aromatic heterocycles. The summed E-state index contributed by atoms with van der Waals surface area (Å²) in [7, 11) is 0. The van der Waals surface area contributed by atoms with E-state index >= 15 is 0 Å². The van der Waals surface area contributed by atoms with Crippen LogP contribution in [0.1, 0.15) is 0 Å². The van der Waals surface area contributed by atoms with Gasteiger partial charge in [0.1, 0.15) is 25.1 Å². The Kier molecular flexibility index (Phi) is 12.5. The highest BCUT2D eigenvalue weighted by molar-refractivity contribution is 5.69. The third-order valence-corrected chi connectivity index (χ3v) is 3.15. The van der Waals surface area contributed by atoms with Gasteiger partial charge >= 0.3 is 5.97 Å². The van der Waals surface area contributed by atoms with Crippen LogP contribution in [-0.2, 0) is 24.0 Å². The van der Waals surface area contributed by atoms with E-state index in [-0.39, 0.29) is 32.7 Å². The molecular formula is C14H23N3O6. The molecule has 0 fully saturated rings. The fraction of sp³-hybridized carbons (Fsp3) is 0.643. The van der Waals surface area contributed by atoms with Crippen LogP contribution in [0.25, 0.3) is 0 Å². The number of hydrogen-bond donors (Lipinski definition) is 1. The van der Waals surface area contributed by atoms with Gasteiger partial charge in [-0.15, -0.1) is 0 Å². The van der Waals surface area contributed by atoms with Crippen molar-refractivity contribution in [3.63, 3.8) is 0 Å². The minimum absolute atomic E-state index is 0.0993. The van der Waals surface area contributed by atoms with E-state index in [1.807, 2.05) is 0 Å². The molecule has 1 N–H and O–H groups in total. The fourth-order valence-electron chi connectivity index (χ4n) is 1.96. The first kappa shape index (κ1) is 21.0. The first-order valence-electron chi connectivity index (χ1n) is 7.20. The Hall–Kier alpha value is -1.97. The molecule has 0 saturated heterocycles. The zero-order valence-corrected chi connectivity index (χ0v) is 13.0. The first-order chi connectivity index (χ1) is 11.1. The summed E-state index contributed by atoms with van der Waals surface area (Å²) in [6, 6.07) is 0. The van der Waals surface area contributed by atoms with Gasteiger partial charge < -0.3 is 24.3 Å². The topological polar surface area (TPSA) is 115 Å². The molecule has 0 aliphatic heterocycles. The van der Waals surface area contributed by atoms with Crippen LogP contribution in [0, 0.1) is 0 Å². The molecule has 0 unspecified atom stereocenters. The first-order valence-corrected chi connectivity index (χ1v) is 7.20. The smallest absolute Gasteiger partial charge is 0.317 e. The zero-order valence-electron chi connectivity index (χ0n) is 13.0. The Morgan fingerprint density at radius 2 is 0.957 bits per heavy atom. The number of carbonyl (C=O) groups is 5. The highest BCUT2D eigenvalue weighted by Gasteiger charge is 2.14. The SMILES string of the molecule is O=CCN(CC=O)CCN(CCN(CC=O)CC=O)CC(=O)O. The van der Waals surface area contributed by atoms with Crippen LogP contribution in [0.4, 0.5) is 0 Å². The summed E-state index contributed by atoms with van der Waals surface area (Å²) in [4.78, 5) is 57.9. The van der Waals surface area contributed by atoms with Gasteiger partial charge in [0.25, 0.3) is 0 Å². The lowest BCUT2D eigenvalue weighted by Crippen LogP contribution is -2.43. The van der Waals surface area contributed by atoms with Gasteiger partial charge in [-0.2, -0.15) is 0 Å². The number of rotatable bonds is 16. The lowest BCUT2D eigenvalue weighted by atomic mass is 10.3. The molecule has 0 aliphatic carbocycles. The summed E-state index contributed by atoms with van der Waals surface area (Å²) in [6.07, 6.45) is 2.73. The lowest BCUT2D eigenvalue weighted by Gasteiger charge is -2.26. The predicted molar refractivity (Wildman–Crippen MR) is 81.2 cm³/mol. The molecule has 9 nitrogen and oxygen atoms in total. The summed E-state index contributed by atoms with van der Waals surface area (Å²) < 4.78 is 0. The van der Waals surface area contributed by atoms with Crippen molar-refractivity contribution in [3.8, 4) is 0 Å². The van der Waals surface area contributed by atoms with Crippen LogP contribution >= 0.6 is 0 Å². The van der Waals surface area contributed by atoms with Gasteiger partial charge in [-0.05, 0) is 0 Å². The quantitative estimate of drug-likeness (QED) is 0.314. The fourth-order valence-corrected chi connectivity index (χ4v) is 1.96. The zero-order chi connectivity index (χ0) is 17.5. The van der Waals surface area contributed by atoms with Crippen LogP contribution in [0.3, 0.4) is 0 Å². The van der Waals surface area contributed by atoms with Crippen LogP contribution in [0.15, 0.2) is 0 Å². The molecule has 0 atom stereocenters. The molecule has 0 heterocycles. The molecule has 0 aromatic rings. The van der Waals surface area contributed by atoms with E-state index in [0.29, 0.717) is 51.3 Å². The van der Waals surface area contributed by atoms with Crippen molar-refractivity contribution in [3.05, 3.63) is 0 Å². The third kappa shape index (κ3) is 11.3. The molecule has 0 bridgehead atoms. The van der Waals surface area contributed by atoms with Gasteiger partial charge in [0, 0.05) is 26.2 Å². The van der Waals surface area contributed by atoms with Crippen LogP contribution in [0.5, 0.6) is 0 Å². The van der Waals surface area contributed by atoms with E-state index in [1.165, 1.54) is 0 Å². The molecule has 0 saturated carbocycles. The van der Waals surface area contributed by atoms with E-state index < -0.39 is 5.97 Å². The van der Waals surface area contributed by atoms with Gasteiger partial charge in [-0.3, -0.25) is 19.5 Å². The van der Waals surface area contributed by atoms with Gasteiger partial charge in [0.2, 0.25) is 0 Å². The highest BCUT2D eigenvalue weighted by atomic mass is 16.4. The second-order valence-electron chi connectivity index (χ2n) is 4.86. The van der Waals surface area contributed by atoms with Gasteiger partial charge in [-0.25, -0.2) is 0 Å². The monoisotopic (exact) mass is 329 g/mol. The average molecular weight is 329 g/mol. The van der Waals surface area contributed by atoms with Crippen molar-refractivity contribution in [1.29, 1.82) is 0 Å². The molecule has 9 heteroatoms. The summed E-state index contributed by atoms with van der Waals surface area (Å²) in [5.41, 5.74) is 0. The number of carboxylic acid groups (broad SMARTS) is 1. The van der Waals surface area contributed by atoms with Crippen LogP contribution in [0.2, 0.25) is 0 Å². The minimum atomic E-state index is -1.00. The Morgan fingerprint density at radius 1 is 0.652 bits per heavy atom. The van der Waals surface area contributed by atoms with Gasteiger partial charge in [0.15, 0.2) is 0 Å². The highest BCUT2D eigenvalue weighted by Crippen LogP contribution is 1.94.